The number of nitrogens with two attached hydrogens (primary N) is 1. The molecule has 4 nitrogen and oxygen atoms in total. The fraction of sp³-hybridized carbons (Fsp3) is 0.462. The molecule has 2 unspecified atom stereocenters. The fourth-order valence-corrected chi connectivity index (χ4v) is 2.57. The first-order chi connectivity index (χ1) is 8.49. The van der Waals surface area contributed by atoms with Gasteiger partial charge in [-0.2, -0.15) is 0 Å². The molecule has 98 valence electrons. The van der Waals surface area contributed by atoms with E-state index >= 15 is 0 Å². The van der Waals surface area contributed by atoms with E-state index in [1.165, 1.54) is 0 Å². The molecule has 0 spiro atoms. The molecular weight excluding hydrogens is 294 g/mol. The lowest BCUT2D eigenvalue weighted by atomic mass is 10.1. The van der Waals surface area contributed by atoms with Crippen molar-refractivity contribution in [3.8, 4) is 0 Å². The number of nitrogens with one attached hydrogen (secondary N) is 1. The van der Waals surface area contributed by atoms with Gasteiger partial charge >= 0.3 is 0 Å². The first kappa shape index (κ1) is 13.4. The van der Waals surface area contributed by atoms with Crippen molar-refractivity contribution in [1.29, 1.82) is 5.41 Å². The summed E-state index contributed by atoms with van der Waals surface area (Å²) in [4.78, 5) is 2.26. The molecule has 18 heavy (non-hydrogen) atoms. The molecule has 1 heterocycles. The van der Waals surface area contributed by atoms with Crippen LogP contribution >= 0.6 is 15.9 Å². The molecule has 0 amide bonds. The summed E-state index contributed by atoms with van der Waals surface area (Å²) >= 11 is 3.42. The van der Waals surface area contributed by atoms with Gasteiger partial charge in [0.05, 0.1) is 12.7 Å². The Morgan fingerprint density at radius 2 is 2.22 bits per heavy atom. The number of benzene rings is 1. The van der Waals surface area contributed by atoms with Gasteiger partial charge in [0.25, 0.3) is 0 Å². The molecule has 1 fully saturated rings. The molecule has 2 atom stereocenters. The lowest BCUT2D eigenvalue weighted by molar-refractivity contribution is 0.0343. The quantitative estimate of drug-likeness (QED) is 0.651. The van der Waals surface area contributed by atoms with E-state index in [0.717, 1.165) is 22.3 Å². The highest BCUT2D eigenvalue weighted by Gasteiger charge is 2.25. The maximum atomic E-state index is 7.71. The Morgan fingerprint density at radius 1 is 1.50 bits per heavy atom. The van der Waals surface area contributed by atoms with Crippen LogP contribution < -0.4 is 10.6 Å². The highest BCUT2D eigenvalue weighted by Crippen LogP contribution is 2.28. The third kappa shape index (κ3) is 2.67. The molecule has 0 aliphatic carbocycles. The number of amidine groups is 1. The van der Waals surface area contributed by atoms with Crippen LogP contribution in [0, 0.1) is 5.41 Å². The molecule has 0 saturated carbocycles. The number of anilines is 1. The van der Waals surface area contributed by atoms with E-state index < -0.39 is 0 Å². The Labute approximate surface area is 116 Å². The minimum absolute atomic E-state index is 0.0950. The summed E-state index contributed by atoms with van der Waals surface area (Å²) in [7, 11) is 0. The Kier molecular flexibility index (Phi) is 3.92. The van der Waals surface area contributed by atoms with E-state index in [2.05, 4.69) is 34.7 Å². The average Bonchev–Trinajstić information content (AvgIpc) is 2.32. The molecule has 1 aromatic rings. The number of nitrogens with zero attached hydrogens (tertiary/aromatic N) is 1. The summed E-state index contributed by atoms with van der Waals surface area (Å²) in [5, 5.41) is 7.71. The Hall–Kier alpha value is -1.07. The number of nitrogen functional groups attached to an aromatic ring is 1. The zero-order valence-corrected chi connectivity index (χ0v) is 12.2. The van der Waals surface area contributed by atoms with Crippen LogP contribution in [0.3, 0.4) is 0 Å². The van der Waals surface area contributed by atoms with Crippen molar-refractivity contribution in [2.75, 3.05) is 18.1 Å². The second-order valence-corrected chi connectivity index (χ2v) is 5.64. The Balaban J connectivity index is 2.40. The van der Waals surface area contributed by atoms with Crippen LogP contribution in [-0.4, -0.2) is 31.1 Å². The van der Waals surface area contributed by atoms with Crippen LogP contribution in [0.5, 0.6) is 0 Å². The molecule has 0 radical (unpaired) electrons. The van der Waals surface area contributed by atoms with Crippen molar-refractivity contribution < 1.29 is 4.74 Å². The van der Waals surface area contributed by atoms with E-state index in [1.54, 1.807) is 0 Å². The Bertz CT molecular complexity index is 464. The van der Waals surface area contributed by atoms with Gasteiger partial charge in [-0.25, -0.2) is 0 Å². The largest absolute Gasteiger partial charge is 0.384 e. The first-order valence-electron chi connectivity index (χ1n) is 6.01. The minimum atomic E-state index is 0.0950. The normalized spacial score (nSPS) is 24.1. The minimum Gasteiger partial charge on any atom is -0.384 e. The van der Waals surface area contributed by atoms with Crippen molar-refractivity contribution in [2.45, 2.75) is 26.0 Å². The van der Waals surface area contributed by atoms with Gasteiger partial charge in [0.1, 0.15) is 5.84 Å². The smallest absolute Gasteiger partial charge is 0.124 e. The predicted octanol–water partition coefficient (Wildman–Crippen LogP) is 2.35. The van der Waals surface area contributed by atoms with E-state index in [9.17, 15) is 0 Å². The van der Waals surface area contributed by atoms with Gasteiger partial charge in [0.2, 0.25) is 0 Å². The van der Waals surface area contributed by atoms with Crippen LogP contribution in [0.2, 0.25) is 0 Å². The molecular formula is C13H18BrN3O. The average molecular weight is 312 g/mol. The number of ether oxygens (including phenoxy) is 1. The fourth-order valence-electron chi connectivity index (χ4n) is 2.21. The van der Waals surface area contributed by atoms with Crippen molar-refractivity contribution in [2.24, 2.45) is 5.73 Å². The van der Waals surface area contributed by atoms with Crippen molar-refractivity contribution in [1.82, 2.24) is 0 Å². The maximum absolute atomic E-state index is 7.71. The highest BCUT2D eigenvalue weighted by molar-refractivity contribution is 9.10. The number of rotatable bonds is 2. The van der Waals surface area contributed by atoms with Crippen LogP contribution in [0.25, 0.3) is 0 Å². The standard InChI is InChI=1S/C13H18BrN3O/c1-8-7-18-9(2)6-17(8)12-4-3-10(14)5-11(12)13(15)16/h3-5,8-9H,6-7H2,1-2H3,(H3,15,16). The summed E-state index contributed by atoms with van der Waals surface area (Å²) in [5.41, 5.74) is 7.45. The second kappa shape index (κ2) is 5.28. The zero-order valence-electron chi connectivity index (χ0n) is 10.6. The predicted molar refractivity (Wildman–Crippen MR) is 77.4 cm³/mol. The molecule has 1 aliphatic heterocycles. The SMILES string of the molecule is CC1CN(c2ccc(Br)cc2C(=N)N)C(C)CO1. The molecule has 3 N–H and O–H groups in total. The summed E-state index contributed by atoms with van der Waals surface area (Å²) in [6.07, 6.45) is 0.199. The lowest BCUT2D eigenvalue weighted by Gasteiger charge is -2.39. The van der Waals surface area contributed by atoms with Crippen LogP contribution in [0.15, 0.2) is 22.7 Å². The first-order valence-corrected chi connectivity index (χ1v) is 6.80. The summed E-state index contributed by atoms with van der Waals surface area (Å²) in [6, 6.07) is 6.18. The van der Waals surface area contributed by atoms with Gasteiger partial charge in [0.15, 0.2) is 0 Å². The summed E-state index contributed by atoms with van der Waals surface area (Å²) < 4.78 is 6.57. The number of hydrogen-bond acceptors (Lipinski definition) is 3. The molecule has 2 rings (SSSR count). The monoisotopic (exact) mass is 311 g/mol. The second-order valence-electron chi connectivity index (χ2n) is 4.72. The van der Waals surface area contributed by atoms with Gasteiger partial charge in [-0.15, -0.1) is 0 Å². The third-order valence-electron chi connectivity index (χ3n) is 3.17. The van der Waals surface area contributed by atoms with Crippen LogP contribution in [0.4, 0.5) is 5.69 Å². The van der Waals surface area contributed by atoms with Crippen LogP contribution in [0.1, 0.15) is 19.4 Å². The number of halogens is 1. The van der Waals surface area contributed by atoms with E-state index in [-0.39, 0.29) is 11.9 Å². The van der Waals surface area contributed by atoms with E-state index in [0.29, 0.717) is 12.6 Å². The van der Waals surface area contributed by atoms with Gasteiger partial charge < -0.3 is 15.4 Å². The molecule has 5 heteroatoms. The van der Waals surface area contributed by atoms with Crippen molar-refractivity contribution >= 4 is 27.5 Å². The topological polar surface area (TPSA) is 62.3 Å². The zero-order chi connectivity index (χ0) is 13.3. The van der Waals surface area contributed by atoms with E-state index in [1.807, 2.05) is 18.2 Å². The molecule has 1 aliphatic rings. The van der Waals surface area contributed by atoms with Crippen LogP contribution in [-0.2, 0) is 4.74 Å². The highest BCUT2D eigenvalue weighted by atomic mass is 79.9. The maximum Gasteiger partial charge on any atom is 0.124 e. The van der Waals surface area contributed by atoms with E-state index in [4.69, 9.17) is 15.9 Å². The third-order valence-corrected chi connectivity index (χ3v) is 3.66. The van der Waals surface area contributed by atoms with Gasteiger partial charge in [-0.1, -0.05) is 15.9 Å². The molecule has 0 aromatic heterocycles. The van der Waals surface area contributed by atoms with Crippen molar-refractivity contribution in [3.63, 3.8) is 0 Å². The molecule has 1 aromatic carbocycles. The summed E-state index contributed by atoms with van der Waals surface area (Å²) in [6.45, 7) is 5.71. The molecule has 0 bridgehead atoms. The van der Waals surface area contributed by atoms with Crippen molar-refractivity contribution in [3.05, 3.63) is 28.2 Å². The number of hydrogen-bond donors (Lipinski definition) is 2. The van der Waals surface area contributed by atoms with Gasteiger partial charge in [-0.3, -0.25) is 5.41 Å². The van der Waals surface area contributed by atoms with Gasteiger partial charge in [-0.05, 0) is 32.0 Å². The van der Waals surface area contributed by atoms with Gasteiger partial charge in [0, 0.05) is 28.3 Å². The lowest BCUT2D eigenvalue weighted by Crippen LogP contribution is -2.48. The Morgan fingerprint density at radius 3 is 2.89 bits per heavy atom. The number of morpholine rings is 1. The summed E-state index contributed by atoms with van der Waals surface area (Å²) in [5.74, 6) is 0.0950. The molecule has 1 saturated heterocycles.